The molecule has 5 unspecified atom stereocenters. The first-order chi connectivity index (χ1) is 70.7. The summed E-state index contributed by atoms with van der Waals surface area (Å²) >= 11 is 0. The molecule has 17 fully saturated rings. The van der Waals surface area contributed by atoms with E-state index in [1.807, 2.05) is 111 Å². The van der Waals surface area contributed by atoms with Crippen molar-refractivity contribution in [2.45, 2.75) is 419 Å². The number of aliphatic hydroxyl groups is 2. The summed E-state index contributed by atoms with van der Waals surface area (Å²) in [5.74, 6) is 4.57. The van der Waals surface area contributed by atoms with Gasteiger partial charge in [-0.2, -0.15) is 10.5 Å². The summed E-state index contributed by atoms with van der Waals surface area (Å²) < 4.78 is 34.0. The number of benzene rings is 3. The lowest BCUT2D eigenvalue weighted by Crippen LogP contribution is -2.60. The standard InChI is InChI=1S/C47H56NO2P.C28H46O5.C28H44O3.C27H42O3.C2H3NP2/c1-33(30-39(49)40(31-48)51(34-16-10-7-11-17-34,35-18-12-8-13-19-35)36-20-14-9-15-21-36)44(4)26-24-37-38-22-23-41-43(2,3)42(50-6)25-27-47(41)32-46(38,47)29-28-45(37,44)5;1-16(12-21(31)33-7)26(5)14-18(30)22-23-17(29)13-19-24(2,3)20(32-6)8-9-27(19)15-28(23,27)11-10-25(22,26)4;1-18(16-23(29)31-7)25(4)12-10-19-20-8-9-21-24(2,3)22(30-6)11-13-28(21)17-27(20,28)15-14-26(19,25)5;1-17(15-22(28)29)24(4)11-9-18-19-7-8-20-23(2,3)21(30-6)10-12-27(20)16-26(19,27)14-13-25(18,24)5;3-1-2-5-4/h7-21,33,41-42H,22-30,32H2,1-6H3;16-20,22-23,29-30H,8-15H2,1-7H3;18,21-22H,8-17H2,1-7H3;17,20-21H,7-16H2,1-6H3,(H,28,29);2H,4H2/t33-,41+,42-,44+,45+,46+,47-;16-,17?,18?,19+,20-,22?,23?,25+,26+,27-,28+;18-,21+,22-,25+,26+,27+,28-;17-,20+,21-,24+,25+,26+,27-;/m1111./s1. The van der Waals surface area contributed by atoms with E-state index in [0.29, 0.717) is 105 Å². The van der Waals surface area contributed by atoms with Crippen molar-refractivity contribution >= 4 is 74.4 Å². The summed E-state index contributed by atoms with van der Waals surface area (Å²) in [5, 5.41) is 55.3. The lowest BCUT2D eigenvalue weighted by atomic mass is 9.43. The van der Waals surface area contributed by atoms with Crippen LogP contribution in [0.1, 0.15) is 382 Å². The Hall–Kier alpha value is -5.40. The Bertz CT molecular complexity index is 5880. The van der Waals surface area contributed by atoms with Crippen molar-refractivity contribution in [1.29, 1.82) is 10.5 Å². The number of ketones is 1. The number of carbonyl (C=O) groups is 4. The van der Waals surface area contributed by atoms with Crippen LogP contribution < -0.4 is 15.9 Å². The van der Waals surface area contributed by atoms with E-state index in [2.05, 4.69) is 190 Å². The number of esters is 2. The molecule has 0 radical (unpaired) electrons. The van der Waals surface area contributed by atoms with Gasteiger partial charge in [0.15, 0.2) is 5.78 Å². The van der Waals surface area contributed by atoms with E-state index < -0.39 is 19.0 Å². The monoisotopic (exact) mass is 2110 g/mol. The first-order valence-corrected chi connectivity index (χ1v) is 63.6. The number of carbonyl (C=O) groups excluding carboxylic acids is 3. The van der Waals surface area contributed by atoms with Gasteiger partial charge in [0, 0.05) is 59.9 Å². The zero-order valence-corrected chi connectivity index (χ0v) is 100. The maximum atomic E-state index is 15.0. The van der Waals surface area contributed by atoms with E-state index in [9.17, 15) is 35.0 Å². The number of aliphatic hydroxyl groups excluding tert-OH is 2. The third-order valence-corrected chi connectivity index (χ3v) is 58.5. The van der Waals surface area contributed by atoms with Crippen LogP contribution in [0, 0.1) is 190 Å². The number of ether oxygens (including phenoxy) is 6. The predicted molar refractivity (Wildman–Crippen MR) is 610 cm³/mol. The quantitative estimate of drug-likeness (QED) is 0.0542. The number of hydrogen-bond donors (Lipinski definition) is 3. The van der Waals surface area contributed by atoms with Crippen LogP contribution in [0.2, 0.25) is 0 Å². The molecule has 150 heavy (non-hydrogen) atoms. The molecule has 822 valence electrons. The second-order valence-corrected chi connectivity index (χ2v) is 62.7. The number of carboxylic acid groups (broad SMARTS) is 1. The molecular formula is C132H191N2O13P3. The summed E-state index contributed by atoms with van der Waals surface area (Å²) in [6.45, 7) is 45.5. The van der Waals surface area contributed by atoms with Gasteiger partial charge in [-0.3, -0.25) is 19.2 Å². The molecule has 0 saturated heterocycles. The zero-order chi connectivity index (χ0) is 108. The van der Waals surface area contributed by atoms with Crippen LogP contribution >= 0.6 is 23.7 Å². The Morgan fingerprint density at radius 2 is 0.733 bits per heavy atom. The second kappa shape index (κ2) is 39.0. The molecule has 0 aromatic heterocycles. The third-order valence-electron chi connectivity index (χ3n) is 53.5. The number of rotatable bonds is 20. The summed E-state index contributed by atoms with van der Waals surface area (Å²) in [5.41, 5.74) is 15.7. The minimum atomic E-state index is -2.74. The van der Waals surface area contributed by atoms with Crippen molar-refractivity contribution in [2.24, 2.45) is 167 Å². The van der Waals surface area contributed by atoms with E-state index in [0.717, 1.165) is 80.1 Å². The van der Waals surface area contributed by atoms with Gasteiger partial charge in [0.1, 0.15) is 11.4 Å². The Morgan fingerprint density at radius 3 is 1.06 bits per heavy atom. The van der Waals surface area contributed by atoms with Gasteiger partial charge >= 0.3 is 17.9 Å². The Balaban J connectivity index is 0.000000127. The van der Waals surface area contributed by atoms with Gasteiger partial charge in [-0.1, -0.05) is 280 Å². The number of aliphatic carboxylic acids is 1. The molecule has 18 heteroatoms. The molecular weight excluding hydrogens is 1910 g/mol. The topological polar surface area (TPSA) is 232 Å². The van der Waals surface area contributed by atoms with E-state index in [1.165, 1.54) is 193 Å². The van der Waals surface area contributed by atoms with Crippen molar-refractivity contribution in [1.82, 2.24) is 0 Å². The molecule has 17 saturated carbocycles. The summed E-state index contributed by atoms with van der Waals surface area (Å²) in [6, 6.07) is 35.5. The molecule has 0 aliphatic heterocycles. The van der Waals surface area contributed by atoms with Crippen molar-refractivity contribution in [3.8, 4) is 12.1 Å². The second-order valence-electron chi connectivity index (χ2n) is 57.9. The Kier molecular flexibility index (Phi) is 29.3. The zero-order valence-electron chi connectivity index (χ0n) is 97.1. The third kappa shape index (κ3) is 15.6. The van der Waals surface area contributed by atoms with E-state index in [1.54, 1.807) is 11.1 Å². The maximum absolute atomic E-state index is 15.0. The number of hydrogen-bond acceptors (Lipinski definition) is 14. The lowest BCUT2D eigenvalue weighted by molar-refractivity contribution is -0.192. The number of allylic oxidation sites excluding steroid dienone is 6. The van der Waals surface area contributed by atoms with E-state index in [4.69, 9.17) is 33.7 Å². The molecule has 3 aromatic carbocycles. The molecule has 0 heterocycles. The fraction of sp³-hybridized carbons (Fsp3) is 0.758. The molecule has 20 aliphatic carbocycles. The summed E-state index contributed by atoms with van der Waals surface area (Å²) in [6.07, 6.45) is 44.1. The number of carboxylic acids is 1. The van der Waals surface area contributed by atoms with Crippen molar-refractivity contribution in [3.05, 3.63) is 124 Å². The van der Waals surface area contributed by atoms with Crippen LogP contribution in [0.4, 0.5) is 0 Å². The molecule has 33 atom stereocenters. The SMILES string of the molecule is COC(=O)C[C@@H](C)[C@]1(C)CC(O)C2C3C(O)C[C@H]4C(C)(C)[C@H](OC)CC[C@@]45C[C@@]35CC[C@@]21C.COC(=O)C[C@@H](C)[C@]1(C)CCC2=C3CC[C@H]4C(C)(C)[C@H](OC)CC[C@@]45C[C@@]35CC[C@@]21C.CO[C@@H]1CC[C@]23C[C@]24CC[C@@]2(C)C(=C4CC[C@H]3C1(C)C)CC[C@@]2(C)[C@H](C)CC(=O)C(C#N)=P(c1ccccc1)(c1ccccc1)c1ccccc1.CO[C@@H]1CC[C@]23C[C@]24CC[C@@]2(C)C(=C4CC[C@H]3C1(C)C)CC[C@@]2(C)[C@H](C)CC(=O)O.N#CC=PP. The smallest absolute Gasteiger partial charge is 0.305 e. The van der Waals surface area contributed by atoms with Crippen LogP contribution in [0.25, 0.3) is 0 Å². The number of Topliss-reactive ketones (excluding diaryl/α,β-unsaturated/α-hetero) is 1. The first-order valence-electron chi connectivity index (χ1n) is 59.2. The number of nitriles is 2. The highest BCUT2D eigenvalue weighted by Gasteiger charge is 2.86. The van der Waals surface area contributed by atoms with Crippen LogP contribution in [0.5, 0.6) is 0 Å². The van der Waals surface area contributed by atoms with E-state index in [-0.39, 0.29) is 130 Å². The highest BCUT2D eigenvalue weighted by Crippen LogP contribution is 2.93. The normalized spacial score (nSPS) is 43.8. The van der Waals surface area contributed by atoms with E-state index >= 15 is 4.79 Å². The van der Waals surface area contributed by atoms with Gasteiger partial charge in [0.05, 0.1) is 56.9 Å². The molecule has 0 bridgehead atoms. The van der Waals surface area contributed by atoms with Crippen LogP contribution in [0.3, 0.4) is 0 Å². The van der Waals surface area contributed by atoms with Crippen LogP contribution in [-0.4, -0.2) is 129 Å². The molecule has 0 amide bonds. The highest BCUT2D eigenvalue weighted by molar-refractivity contribution is 8.02. The predicted octanol–water partition coefficient (Wildman–Crippen LogP) is 28.7. The molecule has 20 aliphatic rings. The van der Waals surface area contributed by atoms with Gasteiger partial charge < -0.3 is 43.7 Å². The number of fused-ring (bicyclic) bond motifs is 5. The average Bonchev–Trinajstić information content (AvgIpc) is 1.47. The van der Waals surface area contributed by atoms with Gasteiger partial charge in [-0.15, -0.1) is 0 Å². The van der Waals surface area contributed by atoms with Crippen LogP contribution in [0.15, 0.2) is 124 Å². The molecule has 8 spiro atoms. The van der Waals surface area contributed by atoms with Gasteiger partial charge in [-0.05, 0) is 409 Å². The van der Waals surface area contributed by atoms with Gasteiger partial charge in [0.25, 0.3) is 0 Å². The Morgan fingerprint density at radius 1 is 0.393 bits per heavy atom. The lowest BCUT2D eigenvalue weighted by Gasteiger charge is -2.62. The molecule has 15 nitrogen and oxygen atoms in total. The Labute approximate surface area is 907 Å². The highest BCUT2D eigenvalue weighted by atomic mass is 32.0. The summed E-state index contributed by atoms with van der Waals surface area (Å²) in [7, 11) is 13.9. The van der Waals surface area contributed by atoms with Crippen molar-refractivity contribution in [3.63, 3.8) is 0 Å². The fourth-order valence-electron chi connectivity index (χ4n) is 44.3. The number of nitrogens with zero attached hydrogens (tertiary/aromatic N) is 2. The minimum Gasteiger partial charge on any atom is -0.481 e. The van der Waals surface area contributed by atoms with Gasteiger partial charge in [0.2, 0.25) is 0 Å². The molecule has 3 N–H and O–H groups in total. The first kappa shape index (κ1) is 113. The average molecular weight is 2110 g/mol. The minimum absolute atomic E-state index is 0.00754. The maximum Gasteiger partial charge on any atom is 0.305 e. The number of methoxy groups -OCH3 is 6. The molecule has 3 aromatic rings. The largest absolute Gasteiger partial charge is 0.481 e. The molecule has 23 rings (SSSR count). The van der Waals surface area contributed by atoms with Crippen molar-refractivity contribution < 1.29 is 62.9 Å². The summed E-state index contributed by atoms with van der Waals surface area (Å²) in [4.78, 5) is 50.8. The van der Waals surface area contributed by atoms with Gasteiger partial charge in [-0.25, -0.2) is 0 Å². The van der Waals surface area contributed by atoms with Crippen LogP contribution in [-0.2, 0) is 47.6 Å². The van der Waals surface area contributed by atoms with Crippen molar-refractivity contribution in [2.75, 3.05) is 42.7 Å². The fourth-order valence-corrected chi connectivity index (χ4v) is 48.8.